The molecule has 0 aliphatic heterocycles. The summed E-state index contributed by atoms with van der Waals surface area (Å²) in [6.45, 7) is 0. The van der Waals surface area contributed by atoms with Crippen LogP contribution in [-0.2, 0) is 0 Å². The van der Waals surface area contributed by atoms with Gasteiger partial charge >= 0.3 is 0 Å². The summed E-state index contributed by atoms with van der Waals surface area (Å²) >= 11 is 5.66. The van der Waals surface area contributed by atoms with Crippen molar-refractivity contribution in [3.63, 3.8) is 0 Å². The van der Waals surface area contributed by atoms with Crippen molar-refractivity contribution in [2.24, 2.45) is 0 Å². The molecule has 1 aliphatic carbocycles. The summed E-state index contributed by atoms with van der Waals surface area (Å²) in [5.74, 6) is 0.0104. The van der Waals surface area contributed by atoms with Crippen molar-refractivity contribution in [1.82, 2.24) is 9.78 Å². The Hall–Kier alpha value is -1.55. The average molecular weight is 252 g/mol. The third-order valence-electron chi connectivity index (χ3n) is 2.95. The summed E-state index contributed by atoms with van der Waals surface area (Å²) < 4.78 is 15.1. The van der Waals surface area contributed by atoms with Crippen molar-refractivity contribution in [3.05, 3.63) is 40.9 Å². The van der Waals surface area contributed by atoms with Gasteiger partial charge < -0.3 is 5.73 Å². The Kier molecular flexibility index (Phi) is 2.33. The minimum absolute atomic E-state index is 0.113. The smallest absolute Gasteiger partial charge is 0.143 e. The fourth-order valence-corrected chi connectivity index (χ4v) is 2.08. The van der Waals surface area contributed by atoms with Gasteiger partial charge in [-0.1, -0.05) is 11.6 Å². The molecule has 2 aromatic rings. The van der Waals surface area contributed by atoms with Crippen molar-refractivity contribution in [3.8, 4) is 5.69 Å². The van der Waals surface area contributed by atoms with E-state index >= 15 is 0 Å². The van der Waals surface area contributed by atoms with Gasteiger partial charge in [-0.25, -0.2) is 9.07 Å². The molecule has 0 spiro atoms. The normalized spacial score (nSPS) is 15.2. The highest BCUT2D eigenvalue weighted by Gasteiger charge is 2.30. The van der Waals surface area contributed by atoms with Crippen LogP contribution in [0.4, 0.5) is 10.1 Å². The van der Waals surface area contributed by atoms with Gasteiger partial charge in [0.1, 0.15) is 5.82 Å². The van der Waals surface area contributed by atoms with Crippen molar-refractivity contribution in [1.29, 1.82) is 0 Å². The van der Waals surface area contributed by atoms with E-state index in [0.29, 0.717) is 17.3 Å². The zero-order chi connectivity index (χ0) is 12.0. The van der Waals surface area contributed by atoms with E-state index in [1.165, 1.54) is 12.1 Å². The van der Waals surface area contributed by atoms with E-state index in [9.17, 15) is 4.39 Å². The molecule has 1 aromatic carbocycles. The standard InChI is InChI=1S/C12H11ClFN3/c13-9-4-3-8(5-10(9)14)17-12(7-1-2-7)11(15)6-16-17/h3-7H,1-2,15H2. The van der Waals surface area contributed by atoms with E-state index in [1.54, 1.807) is 16.9 Å². The largest absolute Gasteiger partial charge is 0.396 e. The van der Waals surface area contributed by atoms with Crippen LogP contribution in [0.2, 0.25) is 5.02 Å². The Labute approximate surface area is 103 Å². The molecule has 3 nitrogen and oxygen atoms in total. The molecule has 1 saturated carbocycles. The predicted molar refractivity (Wildman–Crippen MR) is 64.9 cm³/mol. The third kappa shape index (κ3) is 1.78. The summed E-state index contributed by atoms with van der Waals surface area (Å²) in [4.78, 5) is 0. The van der Waals surface area contributed by atoms with E-state index in [0.717, 1.165) is 18.5 Å². The van der Waals surface area contributed by atoms with Gasteiger partial charge in [0.15, 0.2) is 0 Å². The van der Waals surface area contributed by atoms with Crippen LogP contribution in [0, 0.1) is 5.82 Å². The van der Waals surface area contributed by atoms with Crippen LogP contribution in [0.25, 0.3) is 5.69 Å². The number of nitrogens with two attached hydrogens (primary N) is 1. The minimum Gasteiger partial charge on any atom is -0.396 e. The molecule has 1 heterocycles. The van der Waals surface area contributed by atoms with Gasteiger partial charge in [-0.05, 0) is 25.0 Å². The van der Waals surface area contributed by atoms with Crippen LogP contribution >= 0.6 is 11.6 Å². The summed E-state index contributed by atoms with van der Waals surface area (Å²) in [5, 5.41) is 4.31. The third-order valence-corrected chi connectivity index (χ3v) is 3.25. The molecule has 3 rings (SSSR count). The summed E-state index contributed by atoms with van der Waals surface area (Å²) in [6, 6.07) is 4.64. The number of anilines is 1. The minimum atomic E-state index is -0.444. The number of aromatic nitrogens is 2. The first-order valence-electron chi connectivity index (χ1n) is 5.45. The Morgan fingerprint density at radius 2 is 2.18 bits per heavy atom. The molecule has 88 valence electrons. The number of hydrogen-bond acceptors (Lipinski definition) is 2. The molecule has 17 heavy (non-hydrogen) atoms. The lowest BCUT2D eigenvalue weighted by Gasteiger charge is -2.07. The zero-order valence-electron chi connectivity index (χ0n) is 9.03. The fourth-order valence-electron chi connectivity index (χ4n) is 1.96. The number of benzene rings is 1. The topological polar surface area (TPSA) is 43.8 Å². The molecule has 1 fully saturated rings. The van der Waals surface area contributed by atoms with Crippen molar-refractivity contribution in [2.75, 3.05) is 5.73 Å². The van der Waals surface area contributed by atoms with Crippen LogP contribution in [0.5, 0.6) is 0 Å². The molecule has 0 atom stereocenters. The van der Waals surface area contributed by atoms with Gasteiger partial charge in [0.25, 0.3) is 0 Å². The van der Waals surface area contributed by atoms with Gasteiger partial charge in [-0.15, -0.1) is 0 Å². The highest BCUT2D eigenvalue weighted by Crippen LogP contribution is 2.43. The highest BCUT2D eigenvalue weighted by molar-refractivity contribution is 6.30. The van der Waals surface area contributed by atoms with E-state index in [2.05, 4.69) is 5.10 Å². The summed E-state index contributed by atoms with van der Waals surface area (Å²) in [5.41, 5.74) is 8.19. The molecule has 0 amide bonds. The van der Waals surface area contributed by atoms with Crippen LogP contribution < -0.4 is 5.73 Å². The van der Waals surface area contributed by atoms with Crippen LogP contribution in [0.1, 0.15) is 24.5 Å². The Balaban J connectivity index is 2.11. The quantitative estimate of drug-likeness (QED) is 0.891. The molecule has 0 radical (unpaired) electrons. The van der Waals surface area contributed by atoms with Crippen molar-refractivity contribution < 1.29 is 4.39 Å². The van der Waals surface area contributed by atoms with Crippen molar-refractivity contribution in [2.45, 2.75) is 18.8 Å². The maximum atomic E-state index is 13.4. The first-order chi connectivity index (χ1) is 8.16. The van der Waals surface area contributed by atoms with Crippen LogP contribution in [0.15, 0.2) is 24.4 Å². The van der Waals surface area contributed by atoms with Crippen molar-refractivity contribution >= 4 is 17.3 Å². The lowest BCUT2D eigenvalue weighted by atomic mass is 10.2. The SMILES string of the molecule is Nc1cnn(-c2ccc(Cl)c(F)c2)c1C1CC1. The number of halogens is 2. The van der Waals surface area contributed by atoms with Crippen LogP contribution in [-0.4, -0.2) is 9.78 Å². The van der Waals surface area contributed by atoms with Crippen LogP contribution in [0.3, 0.4) is 0 Å². The maximum Gasteiger partial charge on any atom is 0.143 e. The number of nitrogens with zero attached hydrogens (tertiary/aromatic N) is 2. The fraction of sp³-hybridized carbons (Fsp3) is 0.250. The Bertz CT molecular complexity index is 575. The first kappa shape index (κ1) is 10.6. The molecule has 1 aliphatic rings. The summed E-state index contributed by atoms with van der Waals surface area (Å²) in [7, 11) is 0. The van der Waals surface area contributed by atoms with Gasteiger partial charge in [-0.3, -0.25) is 0 Å². The van der Waals surface area contributed by atoms with E-state index in [1.807, 2.05) is 0 Å². The second-order valence-electron chi connectivity index (χ2n) is 4.27. The molecular formula is C12H11ClFN3. The molecule has 0 saturated heterocycles. The summed E-state index contributed by atoms with van der Waals surface area (Å²) in [6.07, 6.45) is 3.85. The lowest BCUT2D eigenvalue weighted by molar-refractivity contribution is 0.625. The van der Waals surface area contributed by atoms with E-state index in [4.69, 9.17) is 17.3 Å². The number of nitrogen functional groups attached to an aromatic ring is 1. The van der Waals surface area contributed by atoms with Gasteiger partial charge in [0.05, 0.1) is 28.3 Å². The second-order valence-corrected chi connectivity index (χ2v) is 4.68. The van der Waals surface area contributed by atoms with E-state index in [-0.39, 0.29) is 5.02 Å². The lowest BCUT2D eigenvalue weighted by Crippen LogP contribution is -2.03. The Morgan fingerprint density at radius 1 is 1.41 bits per heavy atom. The van der Waals surface area contributed by atoms with Gasteiger partial charge in [0.2, 0.25) is 0 Å². The zero-order valence-corrected chi connectivity index (χ0v) is 9.78. The number of rotatable bonds is 2. The maximum absolute atomic E-state index is 13.4. The van der Waals surface area contributed by atoms with E-state index < -0.39 is 5.82 Å². The average Bonchev–Trinajstić information content (AvgIpc) is 3.06. The predicted octanol–water partition coefficient (Wildman–Crippen LogP) is 3.12. The molecule has 5 heteroatoms. The molecule has 0 unspecified atom stereocenters. The first-order valence-corrected chi connectivity index (χ1v) is 5.83. The second kappa shape index (κ2) is 3.74. The molecule has 0 bridgehead atoms. The molecule has 1 aromatic heterocycles. The highest BCUT2D eigenvalue weighted by atomic mass is 35.5. The Morgan fingerprint density at radius 3 is 2.82 bits per heavy atom. The monoisotopic (exact) mass is 251 g/mol. The van der Waals surface area contributed by atoms with Gasteiger partial charge in [0, 0.05) is 12.0 Å². The molecular weight excluding hydrogens is 241 g/mol. The molecule has 2 N–H and O–H groups in total. The van der Waals surface area contributed by atoms with Gasteiger partial charge in [-0.2, -0.15) is 5.10 Å². The number of hydrogen-bond donors (Lipinski definition) is 1.